The van der Waals surface area contributed by atoms with Gasteiger partial charge in [-0.3, -0.25) is 4.79 Å². The van der Waals surface area contributed by atoms with Crippen LogP contribution < -0.4 is 9.47 Å². The number of esters is 1. The lowest BCUT2D eigenvalue weighted by molar-refractivity contribution is -0.151. The Bertz CT molecular complexity index is 811. The molecular weight excluding hydrogens is 388 g/mol. The maximum Gasteiger partial charge on any atom is 0.306 e. The van der Waals surface area contributed by atoms with E-state index in [9.17, 15) is 9.90 Å². The molecule has 0 radical (unpaired) electrons. The highest BCUT2D eigenvalue weighted by Gasteiger charge is 2.27. The van der Waals surface area contributed by atoms with Crippen LogP contribution in [0.15, 0.2) is 36.4 Å². The average molecular weight is 418 g/mol. The molecule has 0 bridgehead atoms. The zero-order valence-electron chi connectivity index (χ0n) is 17.6. The summed E-state index contributed by atoms with van der Waals surface area (Å²) in [7, 11) is 0. The zero-order valence-corrected chi connectivity index (χ0v) is 17.6. The molecule has 7 heteroatoms. The summed E-state index contributed by atoms with van der Waals surface area (Å²) in [5, 5.41) is 27.1. The van der Waals surface area contributed by atoms with Crippen molar-refractivity contribution in [3.63, 3.8) is 0 Å². The van der Waals surface area contributed by atoms with Crippen LogP contribution in [0.1, 0.15) is 45.6 Å². The Morgan fingerprint density at radius 3 is 2.40 bits per heavy atom. The predicted molar refractivity (Wildman–Crippen MR) is 112 cm³/mol. The molecule has 30 heavy (non-hydrogen) atoms. The maximum atomic E-state index is 11.7. The van der Waals surface area contributed by atoms with E-state index in [-0.39, 0.29) is 35.4 Å². The number of fused-ring (bicyclic) bond motifs is 1. The second-order valence-corrected chi connectivity index (χ2v) is 7.31. The second-order valence-electron chi connectivity index (χ2n) is 7.31. The number of phenolic OH excluding ortho intramolecular Hbond substituents is 3. The van der Waals surface area contributed by atoms with Gasteiger partial charge in [0.15, 0.2) is 11.5 Å². The lowest BCUT2D eigenvalue weighted by Crippen LogP contribution is -2.31. The molecule has 1 aliphatic rings. The van der Waals surface area contributed by atoms with Crippen molar-refractivity contribution < 1.29 is 34.3 Å². The normalized spacial score (nSPS) is 14.7. The van der Waals surface area contributed by atoms with Crippen LogP contribution in [-0.2, 0) is 16.0 Å². The highest BCUT2D eigenvalue weighted by atomic mass is 16.6. The number of benzene rings is 2. The predicted octanol–water partition coefficient (Wildman–Crippen LogP) is 4.31. The van der Waals surface area contributed by atoms with E-state index in [2.05, 4.69) is 0 Å². The van der Waals surface area contributed by atoms with Gasteiger partial charge in [0.2, 0.25) is 0 Å². The van der Waals surface area contributed by atoms with Gasteiger partial charge in [-0.1, -0.05) is 25.5 Å². The van der Waals surface area contributed by atoms with Gasteiger partial charge in [0, 0.05) is 30.5 Å². The molecule has 0 amide bonds. The summed E-state index contributed by atoms with van der Waals surface area (Å²) in [5.74, 6) is 0.938. The lowest BCUT2D eigenvalue weighted by Gasteiger charge is -2.27. The Kier molecular flexibility index (Phi) is 8.65. The number of aromatic hydroxyl groups is 3. The molecule has 1 aliphatic heterocycles. The van der Waals surface area contributed by atoms with Gasteiger partial charge in [-0.05, 0) is 32.4 Å². The molecule has 0 saturated heterocycles. The minimum atomic E-state index is -0.309. The topological polar surface area (TPSA) is 105 Å². The number of ether oxygens (including phenoxy) is 3. The molecule has 0 fully saturated rings. The number of phenols is 3. The van der Waals surface area contributed by atoms with E-state index < -0.39 is 0 Å². The van der Waals surface area contributed by atoms with Crippen LogP contribution in [0.4, 0.5) is 0 Å². The second kappa shape index (κ2) is 11.2. The summed E-state index contributed by atoms with van der Waals surface area (Å²) < 4.78 is 16.8. The number of para-hydroxylation sites is 2. The van der Waals surface area contributed by atoms with Gasteiger partial charge in [-0.25, -0.2) is 0 Å². The molecule has 1 unspecified atom stereocenters. The van der Waals surface area contributed by atoms with E-state index in [0.29, 0.717) is 30.9 Å². The van der Waals surface area contributed by atoms with E-state index in [4.69, 9.17) is 24.4 Å². The van der Waals surface area contributed by atoms with Crippen molar-refractivity contribution in [3.8, 4) is 28.7 Å². The number of carbonyl (C=O) groups is 1. The van der Waals surface area contributed by atoms with Crippen LogP contribution in [0.25, 0.3) is 0 Å². The van der Waals surface area contributed by atoms with Crippen LogP contribution in [-0.4, -0.2) is 40.1 Å². The third kappa shape index (κ3) is 7.06. The Labute approximate surface area is 176 Å². The van der Waals surface area contributed by atoms with Crippen LogP contribution in [0.2, 0.25) is 0 Å². The molecule has 0 spiro atoms. The Balaban J connectivity index is 0.000000335. The van der Waals surface area contributed by atoms with Crippen LogP contribution >= 0.6 is 0 Å². The molecule has 0 aliphatic carbocycles. The number of hydrogen-bond acceptors (Lipinski definition) is 7. The molecular formula is C23H30O7. The Morgan fingerprint density at radius 2 is 1.83 bits per heavy atom. The fourth-order valence-corrected chi connectivity index (χ4v) is 2.87. The minimum Gasteiger partial charge on any atom is -0.508 e. The molecule has 2 aromatic carbocycles. The van der Waals surface area contributed by atoms with Crippen molar-refractivity contribution in [2.45, 2.75) is 58.7 Å². The summed E-state index contributed by atoms with van der Waals surface area (Å²) in [6.45, 7) is 6.18. The number of unbranched alkanes of at least 4 members (excludes halogenated alkanes) is 1. The average Bonchev–Trinajstić information content (AvgIpc) is 2.69. The van der Waals surface area contributed by atoms with Crippen molar-refractivity contribution >= 4 is 5.97 Å². The molecule has 3 rings (SSSR count). The van der Waals surface area contributed by atoms with Gasteiger partial charge in [0.05, 0.1) is 6.10 Å². The van der Waals surface area contributed by atoms with Crippen LogP contribution in [0.3, 0.4) is 0 Å². The molecule has 0 saturated carbocycles. The summed E-state index contributed by atoms with van der Waals surface area (Å²) in [6, 6.07) is 9.29. The quantitative estimate of drug-likeness (QED) is 0.474. The highest BCUT2D eigenvalue weighted by Crippen LogP contribution is 2.38. The number of hydrogen-bond donors (Lipinski definition) is 3. The summed E-state index contributed by atoms with van der Waals surface area (Å²) in [6.07, 6.45) is 2.44. The first kappa shape index (κ1) is 23.2. The smallest absolute Gasteiger partial charge is 0.306 e. The van der Waals surface area contributed by atoms with E-state index in [1.807, 2.05) is 20.8 Å². The van der Waals surface area contributed by atoms with Crippen molar-refractivity contribution in [1.82, 2.24) is 0 Å². The van der Waals surface area contributed by atoms with E-state index in [1.54, 1.807) is 24.3 Å². The molecule has 7 nitrogen and oxygen atoms in total. The summed E-state index contributed by atoms with van der Waals surface area (Å²) >= 11 is 0. The zero-order chi connectivity index (χ0) is 22.1. The standard InChI is InChI=1S/C17H24O5.C6H6O2/c1-4-5-6-17(19)22-13-9-14-15(20-10-13)7-12(18)8-16(14)21-11(2)3;7-5-3-1-2-4-6(5)8/h7-8,11,13,18H,4-6,9-10H2,1-3H3;1-4,7-8H. The molecule has 0 aromatic heterocycles. The Morgan fingerprint density at radius 1 is 1.17 bits per heavy atom. The first-order valence-corrected chi connectivity index (χ1v) is 10.1. The van der Waals surface area contributed by atoms with E-state index in [0.717, 1.165) is 18.4 Å². The highest BCUT2D eigenvalue weighted by molar-refractivity contribution is 5.69. The van der Waals surface area contributed by atoms with Crippen LogP contribution in [0, 0.1) is 0 Å². The van der Waals surface area contributed by atoms with Gasteiger partial charge >= 0.3 is 5.97 Å². The molecule has 3 N–H and O–H groups in total. The van der Waals surface area contributed by atoms with E-state index >= 15 is 0 Å². The van der Waals surface area contributed by atoms with Crippen LogP contribution in [0.5, 0.6) is 28.7 Å². The third-order valence-electron chi connectivity index (χ3n) is 4.29. The minimum absolute atomic E-state index is 0.0154. The third-order valence-corrected chi connectivity index (χ3v) is 4.29. The Hall–Kier alpha value is -3.09. The molecule has 1 heterocycles. The molecule has 164 valence electrons. The van der Waals surface area contributed by atoms with Crippen molar-refractivity contribution in [2.24, 2.45) is 0 Å². The number of carbonyl (C=O) groups excluding carboxylic acids is 1. The number of rotatable bonds is 6. The van der Waals surface area contributed by atoms with Crippen molar-refractivity contribution in [2.75, 3.05) is 6.61 Å². The molecule has 1 atom stereocenters. The molecule has 2 aromatic rings. The first-order valence-electron chi connectivity index (χ1n) is 10.1. The lowest BCUT2D eigenvalue weighted by atomic mass is 10.0. The van der Waals surface area contributed by atoms with Gasteiger partial charge in [-0.2, -0.15) is 0 Å². The van der Waals surface area contributed by atoms with Crippen molar-refractivity contribution in [1.29, 1.82) is 0 Å². The van der Waals surface area contributed by atoms with Gasteiger partial charge in [0.25, 0.3) is 0 Å². The SMILES string of the molecule is CCCCC(=O)OC1COc2cc(O)cc(OC(C)C)c2C1.Oc1ccccc1O. The van der Waals surface area contributed by atoms with Gasteiger partial charge in [0.1, 0.15) is 30.0 Å². The first-order chi connectivity index (χ1) is 14.3. The monoisotopic (exact) mass is 418 g/mol. The van der Waals surface area contributed by atoms with E-state index in [1.165, 1.54) is 12.1 Å². The fraction of sp³-hybridized carbons (Fsp3) is 0.435. The van der Waals surface area contributed by atoms with Crippen molar-refractivity contribution in [3.05, 3.63) is 42.0 Å². The van der Waals surface area contributed by atoms with Gasteiger partial charge in [-0.15, -0.1) is 0 Å². The summed E-state index contributed by atoms with van der Waals surface area (Å²) in [4.78, 5) is 11.7. The largest absolute Gasteiger partial charge is 0.508 e. The fourth-order valence-electron chi connectivity index (χ4n) is 2.87. The van der Waals surface area contributed by atoms with Gasteiger partial charge < -0.3 is 29.5 Å². The summed E-state index contributed by atoms with van der Waals surface area (Å²) in [5.41, 5.74) is 0.839. The maximum absolute atomic E-state index is 11.7.